The first-order chi connectivity index (χ1) is 9.65. The Morgan fingerprint density at radius 1 is 1.50 bits per heavy atom. The Bertz CT molecular complexity index is 503. The summed E-state index contributed by atoms with van der Waals surface area (Å²) in [5.41, 5.74) is 0.829. The first-order valence-electron chi connectivity index (χ1n) is 6.53. The molecule has 0 bridgehead atoms. The molecule has 1 unspecified atom stereocenters. The number of rotatable bonds is 5. The van der Waals surface area contributed by atoms with Gasteiger partial charge in [0.05, 0.1) is 6.54 Å². The summed E-state index contributed by atoms with van der Waals surface area (Å²) >= 11 is 1.49. The Balaban J connectivity index is 1.81. The van der Waals surface area contributed by atoms with Crippen LogP contribution in [0.4, 0.5) is 0 Å². The molecular weight excluding hydrogens is 278 g/mol. The number of carboxylic acid groups (broad SMARTS) is 1. The van der Waals surface area contributed by atoms with Crippen molar-refractivity contribution in [1.82, 2.24) is 5.32 Å². The summed E-state index contributed by atoms with van der Waals surface area (Å²) in [4.78, 5) is 23.3. The van der Waals surface area contributed by atoms with Gasteiger partial charge in [-0.05, 0) is 42.3 Å². The lowest BCUT2D eigenvalue weighted by Crippen LogP contribution is -2.37. The van der Waals surface area contributed by atoms with Gasteiger partial charge in [0.25, 0.3) is 0 Å². The molecule has 0 aliphatic carbocycles. The molecule has 1 aliphatic rings. The molecule has 1 atom stereocenters. The van der Waals surface area contributed by atoms with Gasteiger partial charge in [0.2, 0.25) is 5.91 Å². The summed E-state index contributed by atoms with van der Waals surface area (Å²) in [7, 11) is 0. The molecule has 1 aliphatic heterocycles. The van der Waals surface area contributed by atoms with Crippen LogP contribution in [0.5, 0.6) is 0 Å². The summed E-state index contributed by atoms with van der Waals surface area (Å²) in [5.74, 6) is -1.04. The largest absolute Gasteiger partial charge is 0.478 e. The Labute approximate surface area is 121 Å². The molecule has 0 saturated carbocycles. The maximum Gasteiger partial charge on any atom is 0.328 e. The average Bonchev–Trinajstić information content (AvgIpc) is 2.91. The van der Waals surface area contributed by atoms with E-state index >= 15 is 0 Å². The van der Waals surface area contributed by atoms with Crippen LogP contribution in [-0.4, -0.2) is 29.7 Å². The van der Waals surface area contributed by atoms with Crippen LogP contribution in [-0.2, 0) is 20.9 Å². The smallest absolute Gasteiger partial charge is 0.328 e. The molecular formula is C14H17NO4S. The van der Waals surface area contributed by atoms with Crippen molar-refractivity contribution in [3.63, 3.8) is 0 Å². The van der Waals surface area contributed by atoms with Gasteiger partial charge in [-0.1, -0.05) is 0 Å². The number of carboxylic acids is 1. The van der Waals surface area contributed by atoms with E-state index in [1.807, 2.05) is 11.4 Å². The van der Waals surface area contributed by atoms with Crippen molar-refractivity contribution < 1.29 is 19.4 Å². The number of carbonyl (C=O) groups excluding carboxylic acids is 1. The molecule has 1 aromatic heterocycles. The number of aliphatic carboxylic acids is 1. The van der Waals surface area contributed by atoms with Gasteiger partial charge < -0.3 is 15.2 Å². The van der Waals surface area contributed by atoms with Crippen molar-refractivity contribution in [2.24, 2.45) is 0 Å². The van der Waals surface area contributed by atoms with Gasteiger partial charge in [-0.3, -0.25) is 4.79 Å². The third-order valence-electron chi connectivity index (χ3n) is 3.00. The average molecular weight is 295 g/mol. The molecule has 2 N–H and O–H groups in total. The van der Waals surface area contributed by atoms with Crippen LogP contribution in [0, 0.1) is 0 Å². The molecule has 0 aromatic carbocycles. The number of nitrogens with one attached hydrogen (secondary N) is 1. The van der Waals surface area contributed by atoms with Crippen molar-refractivity contribution in [2.75, 3.05) is 6.61 Å². The van der Waals surface area contributed by atoms with E-state index in [1.54, 1.807) is 0 Å². The van der Waals surface area contributed by atoms with Crippen LogP contribution in [0.1, 0.15) is 29.7 Å². The number of carbonyl (C=O) groups is 2. The van der Waals surface area contributed by atoms with Gasteiger partial charge in [-0.25, -0.2) is 4.79 Å². The van der Waals surface area contributed by atoms with Crippen molar-refractivity contribution >= 4 is 29.3 Å². The molecule has 6 heteroatoms. The highest BCUT2D eigenvalue weighted by atomic mass is 32.1. The summed E-state index contributed by atoms with van der Waals surface area (Å²) in [5, 5.41) is 13.3. The minimum Gasteiger partial charge on any atom is -0.478 e. The first kappa shape index (κ1) is 14.7. The third kappa shape index (κ3) is 4.47. The predicted octanol–water partition coefficient (Wildman–Crippen LogP) is 2.03. The molecule has 2 heterocycles. The lowest BCUT2D eigenvalue weighted by atomic mass is 10.1. The highest BCUT2D eigenvalue weighted by Gasteiger charge is 2.21. The van der Waals surface area contributed by atoms with Crippen LogP contribution in [0.2, 0.25) is 0 Å². The Kier molecular flexibility index (Phi) is 5.31. The van der Waals surface area contributed by atoms with Crippen molar-refractivity contribution in [2.45, 2.75) is 31.9 Å². The quantitative estimate of drug-likeness (QED) is 0.815. The van der Waals surface area contributed by atoms with Gasteiger partial charge >= 0.3 is 5.97 Å². The fourth-order valence-electron chi connectivity index (χ4n) is 1.98. The molecule has 1 aromatic rings. The minimum absolute atomic E-state index is 0.0688. The van der Waals surface area contributed by atoms with Crippen molar-refractivity contribution in [1.29, 1.82) is 0 Å². The fourth-order valence-corrected chi connectivity index (χ4v) is 2.77. The van der Waals surface area contributed by atoms with Crippen molar-refractivity contribution in [3.05, 3.63) is 28.0 Å². The number of thiophene rings is 1. The molecule has 5 nitrogen and oxygen atoms in total. The Morgan fingerprint density at radius 2 is 2.35 bits per heavy atom. The number of amides is 1. The third-order valence-corrected chi connectivity index (χ3v) is 3.96. The normalized spacial score (nSPS) is 19.1. The summed E-state index contributed by atoms with van der Waals surface area (Å²) in [6.45, 7) is 1.10. The van der Waals surface area contributed by atoms with Crippen LogP contribution in [0.15, 0.2) is 17.5 Å². The van der Waals surface area contributed by atoms with E-state index in [0.29, 0.717) is 13.2 Å². The molecule has 1 fully saturated rings. The second-order valence-corrected chi connectivity index (χ2v) is 5.59. The van der Waals surface area contributed by atoms with Crippen LogP contribution < -0.4 is 5.32 Å². The zero-order valence-electron chi connectivity index (χ0n) is 11.0. The van der Waals surface area contributed by atoms with Crippen molar-refractivity contribution in [3.8, 4) is 0 Å². The second kappa shape index (κ2) is 7.21. The zero-order chi connectivity index (χ0) is 14.4. The Morgan fingerprint density at radius 3 is 3.05 bits per heavy atom. The Hall–Kier alpha value is -1.66. The van der Waals surface area contributed by atoms with Gasteiger partial charge in [0, 0.05) is 17.6 Å². The highest BCUT2D eigenvalue weighted by molar-refractivity contribution is 7.10. The highest BCUT2D eigenvalue weighted by Crippen LogP contribution is 2.17. The first-order valence-corrected chi connectivity index (χ1v) is 7.41. The minimum atomic E-state index is -0.972. The number of ether oxygens (including phenoxy) is 1. The van der Waals surface area contributed by atoms with Gasteiger partial charge in [0.15, 0.2) is 0 Å². The number of hydrogen-bond acceptors (Lipinski definition) is 4. The van der Waals surface area contributed by atoms with E-state index in [9.17, 15) is 9.59 Å². The van der Waals surface area contributed by atoms with E-state index in [0.717, 1.165) is 35.8 Å². The molecule has 20 heavy (non-hydrogen) atoms. The van der Waals surface area contributed by atoms with E-state index in [1.165, 1.54) is 17.4 Å². The molecule has 108 valence electrons. The zero-order valence-corrected chi connectivity index (χ0v) is 11.8. The molecule has 1 amide bonds. The fraction of sp³-hybridized carbons (Fsp3) is 0.429. The van der Waals surface area contributed by atoms with Crippen LogP contribution >= 0.6 is 11.3 Å². The van der Waals surface area contributed by atoms with Gasteiger partial charge in [-0.15, -0.1) is 11.3 Å². The van der Waals surface area contributed by atoms with E-state index in [-0.39, 0.29) is 12.0 Å². The molecule has 2 rings (SSSR count). The summed E-state index contributed by atoms with van der Waals surface area (Å²) < 4.78 is 5.41. The van der Waals surface area contributed by atoms with E-state index in [4.69, 9.17) is 9.84 Å². The predicted molar refractivity (Wildman–Crippen MR) is 76.4 cm³/mol. The lowest BCUT2D eigenvalue weighted by molar-refractivity contribution is -0.135. The maximum atomic E-state index is 11.9. The van der Waals surface area contributed by atoms with Crippen LogP contribution in [0.25, 0.3) is 6.08 Å². The summed E-state index contributed by atoms with van der Waals surface area (Å²) in [6, 6.07) is 1.87. The molecule has 0 radical (unpaired) electrons. The second-order valence-electron chi connectivity index (χ2n) is 4.59. The van der Waals surface area contributed by atoms with Gasteiger partial charge in [0.1, 0.15) is 6.10 Å². The van der Waals surface area contributed by atoms with Gasteiger partial charge in [-0.2, -0.15) is 0 Å². The SMILES string of the molecule is O=C(O)C=Cc1csc(CNC(=O)C2CCCCO2)c1. The maximum absolute atomic E-state index is 11.9. The number of hydrogen-bond donors (Lipinski definition) is 2. The van der Waals surface area contributed by atoms with E-state index < -0.39 is 5.97 Å². The summed E-state index contributed by atoms with van der Waals surface area (Å²) in [6.07, 6.45) is 5.14. The lowest BCUT2D eigenvalue weighted by Gasteiger charge is -2.21. The van der Waals surface area contributed by atoms with Crippen LogP contribution in [0.3, 0.4) is 0 Å². The molecule has 1 saturated heterocycles. The standard InChI is InChI=1S/C14H17NO4S/c16-13(17)5-4-10-7-11(20-9-10)8-15-14(18)12-3-1-2-6-19-12/h4-5,7,9,12H,1-3,6,8H2,(H,15,18)(H,16,17). The van der Waals surface area contributed by atoms with E-state index in [2.05, 4.69) is 5.32 Å². The monoisotopic (exact) mass is 295 g/mol. The molecule has 0 spiro atoms. The topological polar surface area (TPSA) is 75.6 Å².